The Morgan fingerprint density at radius 1 is 1.04 bits per heavy atom. The lowest BCUT2D eigenvalue weighted by Gasteiger charge is -2.38. The Balaban J connectivity index is 1.46. The summed E-state index contributed by atoms with van der Waals surface area (Å²) in [6.07, 6.45) is 7.30. The maximum absolute atomic E-state index is 12.9. The SMILES string of the molecule is COc1ccc(S(=O)(=O)N2CCC(N(c3ccncn3)C3CC3)CC2)cc1. The monoisotopic (exact) mass is 388 g/mol. The van der Waals surface area contributed by atoms with E-state index in [1.54, 1.807) is 48.2 Å². The van der Waals surface area contributed by atoms with Crippen LogP contribution in [0.3, 0.4) is 0 Å². The zero-order valence-electron chi connectivity index (χ0n) is 15.4. The van der Waals surface area contributed by atoms with Crippen LogP contribution in [-0.4, -0.2) is 55.0 Å². The summed E-state index contributed by atoms with van der Waals surface area (Å²) in [4.78, 5) is 11.1. The number of methoxy groups -OCH3 is 1. The summed E-state index contributed by atoms with van der Waals surface area (Å²) >= 11 is 0. The highest BCUT2D eigenvalue weighted by Crippen LogP contribution is 2.35. The summed E-state index contributed by atoms with van der Waals surface area (Å²) in [7, 11) is -1.90. The first-order chi connectivity index (χ1) is 13.1. The molecule has 8 heteroatoms. The van der Waals surface area contributed by atoms with E-state index in [1.807, 2.05) is 6.07 Å². The first kappa shape index (κ1) is 18.2. The van der Waals surface area contributed by atoms with Crippen LogP contribution in [0, 0.1) is 0 Å². The first-order valence-corrected chi connectivity index (χ1v) is 10.7. The molecule has 144 valence electrons. The van der Waals surface area contributed by atoms with Gasteiger partial charge in [-0.15, -0.1) is 0 Å². The summed E-state index contributed by atoms with van der Waals surface area (Å²) in [5.41, 5.74) is 0. The van der Waals surface area contributed by atoms with E-state index in [2.05, 4.69) is 14.9 Å². The Morgan fingerprint density at radius 2 is 1.70 bits per heavy atom. The van der Waals surface area contributed by atoms with Gasteiger partial charge in [-0.25, -0.2) is 18.4 Å². The zero-order chi connectivity index (χ0) is 18.9. The van der Waals surface area contributed by atoms with Gasteiger partial charge in [0.05, 0.1) is 12.0 Å². The van der Waals surface area contributed by atoms with Crippen LogP contribution in [0.25, 0.3) is 0 Å². The first-order valence-electron chi connectivity index (χ1n) is 9.28. The number of piperidine rings is 1. The number of aromatic nitrogens is 2. The van der Waals surface area contributed by atoms with Crippen molar-refractivity contribution in [2.24, 2.45) is 0 Å². The molecule has 2 heterocycles. The average molecular weight is 388 g/mol. The Bertz CT molecular complexity index is 862. The highest BCUT2D eigenvalue weighted by molar-refractivity contribution is 7.89. The van der Waals surface area contributed by atoms with E-state index >= 15 is 0 Å². The summed E-state index contributed by atoms with van der Waals surface area (Å²) in [6.45, 7) is 1.04. The molecule has 0 N–H and O–H groups in total. The third-order valence-electron chi connectivity index (χ3n) is 5.29. The number of hydrogen-bond donors (Lipinski definition) is 0. The van der Waals surface area contributed by atoms with E-state index in [9.17, 15) is 8.42 Å². The molecule has 27 heavy (non-hydrogen) atoms. The summed E-state index contributed by atoms with van der Waals surface area (Å²) < 4.78 is 32.6. The van der Waals surface area contributed by atoms with E-state index in [-0.39, 0.29) is 0 Å². The van der Waals surface area contributed by atoms with E-state index in [0.717, 1.165) is 18.7 Å². The molecule has 1 aromatic carbocycles. The molecule has 4 rings (SSSR count). The Kier molecular flexibility index (Phi) is 5.01. The highest BCUT2D eigenvalue weighted by atomic mass is 32.2. The highest BCUT2D eigenvalue weighted by Gasteiger charge is 2.38. The van der Waals surface area contributed by atoms with Gasteiger partial charge in [0.25, 0.3) is 0 Å². The molecule has 2 fully saturated rings. The van der Waals surface area contributed by atoms with E-state index in [4.69, 9.17) is 4.74 Å². The summed E-state index contributed by atoms with van der Waals surface area (Å²) in [5, 5.41) is 0. The molecule has 1 saturated heterocycles. The van der Waals surface area contributed by atoms with Crippen molar-refractivity contribution in [3.05, 3.63) is 42.9 Å². The van der Waals surface area contributed by atoms with Crippen LogP contribution in [0.5, 0.6) is 5.75 Å². The Hall–Kier alpha value is -2.19. The molecular formula is C19H24N4O3S. The molecule has 1 aliphatic heterocycles. The fourth-order valence-electron chi connectivity index (χ4n) is 3.72. The number of nitrogens with zero attached hydrogens (tertiary/aromatic N) is 4. The predicted molar refractivity (Wildman–Crippen MR) is 102 cm³/mol. The Morgan fingerprint density at radius 3 is 2.26 bits per heavy atom. The van der Waals surface area contributed by atoms with Crippen LogP contribution in [0.2, 0.25) is 0 Å². The molecule has 1 saturated carbocycles. The largest absolute Gasteiger partial charge is 0.497 e. The topological polar surface area (TPSA) is 75.6 Å². The molecule has 0 spiro atoms. The van der Waals surface area contributed by atoms with Crippen LogP contribution >= 0.6 is 0 Å². The van der Waals surface area contributed by atoms with Crippen molar-refractivity contribution in [2.45, 2.75) is 42.7 Å². The fraction of sp³-hybridized carbons (Fsp3) is 0.474. The number of sulfonamides is 1. The predicted octanol–water partition coefficient (Wildman–Crippen LogP) is 2.31. The molecular weight excluding hydrogens is 364 g/mol. The molecule has 0 radical (unpaired) electrons. The van der Waals surface area contributed by atoms with Gasteiger partial charge < -0.3 is 9.64 Å². The number of hydrogen-bond acceptors (Lipinski definition) is 6. The normalized spacial score (nSPS) is 19.0. The molecule has 1 aromatic heterocycles. The molecule has 0 amide bonds. The van der Waals surface area contributed by atoms with E-state index in [1.165, 1.54) is 12.8 Å². The molecule has 0 unspecified atom stereocenters. The minimum atomic E-state index is -3.47. The molecule has 2 aromatic rings. The van der Waals surface area contributed by atoms with Gasteiger partial charge in [-0.2, -0.15) is 4.31 Å². The van der Waals surface area contributed by atoms with Gasteiger partial charge in [-0.05, 0) is 56.0 Å². The second-order valence-electron chi connectivity index (χ2n) is 7.02. The average Bonchev–Trinajstić information content (AvgIpc) is 3.54. The quantitative estimate of drug-likeness (QED) is 0.756. The van der Waals surface area contributed by atoms with Gasteiger partial charge in [0.15, 0.2) is 0 Å². The molecule has 0 bridgehead atoms. The van der Waals surface area contributed by atoms with Gasteiger partial charge in [-0.1, -0.05) is 0 Å². The maximum Gasteiger partial charge on any atom is 0.243 e. The standard InChI is InChI=1S/C19H24N4O3S/c1-26-17-4-6-18(7-5-17)27(24,25)22-12-9-16(10-13-22)23(15-2-3-15)19-8-11-20-14-21-19/h4-8,11,14-16H,2-3,9-10,12-13H2,1H3. The second-order valence-corrected chi connectivity index (χ2v) is 8.95. The number of rotatable bonds is 6. The molecule has 1 aliphatic carbocycles. The fourth-order valence-corrected chi connectivity index (χ4v) is 5.19. The third kappa shape index (κ3) is 3.77. The van der Waals surface area contributed by atoms with Crippen molar-refractivity contribution in [2.75, 3.05) is 25.1 Å². The smallest absolute Gasteiger partial charge is 0.243 e. The number of benzene rings is 1. The second kappa shape index (κ2) is 7.44. The number of ether oxygens (including phenoxy) is 1. The van der Waals surface area contributed by atoms with E-state index < -0.39 is 10.0 Å². The lowest BCUT2D eigenvalue weighted by Crippen LogP contribution is -2.48. The van der Waals surface area contributed by atoms with Gasteiger partial charge >= 0.3 is 0 Å². The van der Waals surface area contributed by atoms with Crippen molar-refractivity contribution in [1.82, 2.24) is 14.3 Å². The van der Waals surface area contributed by atoms with Gasteiger partial charge in [0.1, 0.15) is 17.9 Å². The van der Waals surface area contributed by atoms with Gasteiger partial charge in [0, 0.05) is 31.4 Å². The third-order valence-corrected chi connectivity index (χ3v) is 7.20. The van der Waals surface area contributed by atoms with Gasteiger partial charge in [0.2, 0.25) is 10.0 Å². The molecule has 7 nitrogen and oxygen atoms in total. The molecule has 2 aliphatic rings. The maximum atomic E-state index is 12.9. The van der Waals surface area contributed by atoms with Gasteiger partial charge in [-0.3, -0.25) is 0 Å². The van der Waals surface area contributed by atoms with Crippen molar-refractivity contribution in [3.8, 4) is 5.75 Å². The van der Waals surface area contributed by atoms with Crippen molar-refractivity contribution >= 4 is 15.8 Å². The van der Waals surface area contributed by atoms with E-state index in [0.29, 0.717) is 35.8 Å². The van der Waals surface area contributed by atoms with Crippen molar-refractivity contribution < 1.29 is 13.2 Å². The zero-order valence-corrected chi connectivity index (χ0v) is 16.2. The summed E-state index contributed by atoms with van der Waals surface area (Å²) in [6, 6.07) is 9.37. The van der Waals surface area contributed by atoms with Crippen molar-refractivity contribution in [3.63, 3.8) is 0 Å². The van der Waals surface area contributed by atoms with Crippen LogP contribution in [0.15, 0.2) is 47.8 Å². The van der Waals surface area contributed by atoms with Crippen LogP contribution in [0.4, 0.5) is 5.82 Å². The summed E-state index contributed by atoms with van der Waals surface area (Å²) in [5.74, 6) is 1.60. The number of anilines is 1. The van der Waals surface area contributed by atoms with Crippen LogP contribution in [-0.2, 0) is 10.0 Å². The molecule has 0 atom stereocenters. The van der Waals surface area contributed by atoms with Crippen LogP contribution in [0.1, 0.15) is 25.7 Å². The minimum absolute atomic E-state index is 0.315. The Labute approximate surface area is 160 Å². The lowest BCUT2D eigenvalue weighted by molar-refractivity contribution is 0.308. The lowest BCUT2D eigenvalue weighted by atomic mass is 10.0. The van der Waals surface area contributed by atoms with Crippen molar-refractivity contribution in [1.29, 1.82) is 0 Å². The van der Waals surface area contributed by atoms with Crippen LogP contribution < -0.4 is 9.64 Å². The minimum Gasteiger partial charge on any atom is -0.497 e.